The number of carboxylic acid groups (broad SMARTS) is 1. The van der Waals surface area contributed by atoms with Gasteiger partial charge >= 0.3 is 6.09 Å². The lowest BCUT2D eigenvalue weighted by molar-refractivity contribution is 0.124. The van der Waals surface area contributed by atoms with Crippen molar-refractivity contribution in [2.24, 2.45) is 0 Å². The molecule has 1 unspecified atom stereocenters. The molecule has 1 aliphatic heterocycles. The summed E-state index contributed by atoms with van der Waals surface area (Å²) in [5.74, 6) is 0. The highest BCUT2D eigenvalue weighted by Gasteiger charge is 2.30. The van der Waals surface area contributed by atoms with E-state index in [0.717, 1.165) is 12.8 Å². The molecule has 1 atom stereocenters. The van der Waals surface area contributed by atoms with E-state index in [2.05, 4.69) is 5.32 Å². The molecule has 13 heavy (non-hydrogen) atoms. The Labute approximate surface area is 78.9 Å². The van der Waals surface area contributed by atoms with Crippen molar-refractivity contribution < 1.29 is 9.90 Å². The van der Waals surface area contributed by atoms with Crippen molar-refractivity contribution in [3.63, 3.8) is 0 Å². The zero-order chi connectivity index (χ0) is 10.1. The molecule has 1 saturated heterocycles. The van der Waals surface area contributed by atoms with Crippen LogP contribution in [0.5, 0.6) is 0 Å². The largest absolute Gasteiger partial charge is 0.465 e. The van der Waals surface area contributed by atoms with Crippen LogP contribution in [0.1, 0.15) is 33.6 Å². The minimum absolute atomic E-state index is 0.00231. The van der Waals surface area contributed by atoms with Gasteiger partial charge in [0.2, 0.25) is 0 Å². The first kappa shape index (κ1) is 10.3. The third-order valence-electron chi connectivity index (χ3n) is 2.10. The SMILES string of the molecule is CC(C)(C)NC1CCCN1C(=O)O. The molecule has 1 rings (SSSR count). The van der Waals surface area contributed by atoms with Gasteiger partial charge in [0, 0.05) is 12.1 Å². The number of hydrogen-bond acceptors (Lipinski definition) is 2. The van der Waals surface area contributed by atoms with Crippen LogP contribution in [0.3, 0.4) is 0 Å². The number of amides is 1. The maximum Gasteiger partial charge on any atom is 0.408 e. The lowest BCUT2D eigenvalue weighted by Gasteiger charge is -2.30. The van der Waals surface area contributed by atoms with Crippen molar-refractivity contribution in [2.45, 2.75) is 45.3 Å². The van der Waals surface area contributed by atoms with Crippen LogP contribution in [0.2, 0.25) is 0 Å². The minimum atomic E-state index is -0.820. The molecule has 76 valence electrons. The summed E-state index contributed by atoms with van der Waals surface area (Å²) in [6, 6.07) is 0. The third-order valence-corrected chi connectivity index (χ3v) is 2.10. The Morgan fingerprint density at radius 2 is 2.15 bits per heavy atom. The van der Waals surface area contributed by atoms with Gasteiger partial charge in [0.05, 0.1) is 6.17 Å². The zero-order valence-electron chi connectivity index (χ0n) is 8.50. The molecule has 0 aromatic heterocycles. The Balaban J connectivity index is 2.54. The molecule has 1 fully saturated rings. The Morgan fingerprint density at radius 1 is 1.54 bits per heavy atom. The van der Waals surface area contributed by atoms with E-state index in [0.29, 0.717) is 6.54 Å². The summed E-state index contributed by atoms with van der Waals surface area (Å²) in [4.78, 5) is 12.3. The first-order valence-corrected chi connectivity index (χ1v) is 4.67. The van der Waals surface area contributed by atoms with Crippen molar-refractivity contribution in [1.29, 1.82) is 0 Å². The zero-order valence-corrected chi connectivity index (χ0v) is 8.50. The maximum absolute atomic E-state index is 10.8. The first-order chi connectivity index (χ1) is 5.90. The Morgan fingerprint density at radius 3 is 2.62 bits per heavy atom. The van der Waals surface area contributed by atoms with E-state index in [9.17, 15) is 4.79 Å². The van der Waals surface area contributed by atoms with Crippen LogP contribution in [-0.2, 0) is 0 Å². The van der Waals surface area contributed by atoms with Crippen LogP contribution in [0.4, 0.5) is 4.79 Å². The summed E-state index contributed by atoms with van der Waals surface area (Å²) in [7, 11) is 0. The molecule has 0 aliphatic carbocycles. The number of hydrogen-bond donors (Lipinski definition) is 2. The van der Waals surface area contributed by atoms with Gasteiger partial charge in [-0.25, -0.2) is 4.79 Å². The molecular weight excluding hydrogens is 168 g/mol. The summed E-state index contributed by atoms with van der Waals surface area (Å²) < 4.78 is 0. The summed E-state index contributed by atoms with van der Waals surface area (Å²) in [5, 5.41) is 12.2. The van der Waals surface area contributed by atoms with E-state index in [-0.39, 0.29) is 11.7 Å². The topological polar surface area (TPSA) is 52.6 Å². The predicted molar refractivity (Wildman–Crippen MR) is 50.6 cm³/mol. The maximum atomic E-state index is 10.8. The molecule has 0 spiro atoms. The highest BCUT2D eigenvalue weighted by atomic mass is 16.4. The third kappa shape index (κ3) is 2.88. The average Bonchev–Trinajstić information content (AvgIpc) is 2.31. The highest BCUT2D eigenvalue weighted by molar-refractivity contribution is 5.65. The van der Waals surface area contributed by atoms with E-state index < -0.39 is 6.09 Å². The fourth-order valence-electron chi connectivity index (χ4n) is 1.65. The van der Waals surface area contributed by atoms with E-state index in [1.165, 1.54) is 4.90 Å². The lowest BCUT2D eigenvalue weighted by atomic mass is 10.1. The molecule has 4 nitrogen and oxygen atoms in total. The van der Waals surface area contributed by atoms with Crippen molar-refractivity contribution in [3.05, 3.63) is 0 Å². The number of nitrogens with zero attached hydrogens (tertiary/aromatic N) is 1. The van der Waals surface area contributed by atoms with Gasteiger partial charge in [-0.05, 0) is 33.6 Å². The predicted octanol–water partition coefficient (Wildman–Crippen LogP) is 1.47. The van der Waals surface area contributed by atoms with Gasteiger partial charge in [-0.2, -0.15) is 0 Å². The van der Waals surface area contributed by atoms with Crippen LogP contribution in [-0.4, -0.2) is 34.3 Å². The van der Waals surface area contributed by atoms with E-state index >= 15 is 0 Å². The number of rotatable bonds is 1. The molecule has 1 aliphatic rings. The Bertz CT molecular complexity index is 198. The summed E-state index contributed by atoms with van der Waals surface area (Å²) >= 11 is 0. The molecular formula is C9H18N2O2. The molecule has 4 heteroatoms. The summed E-state index contributed by atoms with van der Waals surface area (Å²) in [6.07, 6.45) is 1.06. The van der Waals surface area contributed by atoms with Crippen molar-refractivity contribution in [2.75, 3.05) is 6.54 Å². The van der Waals surface area contributed by atoms with Gasteiger partial charge in [-0.3, -0.25) is 10.2 Å². The van der Waals surface area contributed by atoms with Crippen LogP contribution in [0.25, 0.3) is 0 Å². The van der Waals surface area contributed by atoms with Gasteiger partial charge < -0.3 is 5.11 Å². The first-order valence-electron chi connectivity index (χ1n) is 4.67. The highest BCUT2D eigenvalue weighted by Crippen LogP contribution is 2.17. The molecule has 1 heterocycles. The fraction of sp³-hybridized carbons (Fsp3) is 0.889. The van der Waals surface area contributed by atoms with E-state index in [1.54, 1.807) is 0 Å². The minimum Gasteiger partial charge on any atom is -0.465 e. The molecule has 2 N–H and O–H groups in total. The van der Waals surface area contributed by atoms with Crippen molar-refractivity contribution in [3.8, 4) is 0 Å². The molecule has 0 saturated carbocycles. The quantitative estimate of drug-likeness (QED) is 0.652. The van der Waals surface area contributed by atoms with Crippen molar-refractivity contribution >= 4 is 6.09 Å². The second kappa shape index (κ2) is 3.54. The monoisotopic (exact) mass is 186 g/mol. The van der Waals surface area contributed by atoms with Crippen LogP contribution < -0.4 is 5.32 Å². The van der Waals surface area contributed by atoms with E-state index in [1.807, 2.05) is 20.8 Å². The molecule has 0 aromatic carbocycles. The number of carbonyl (C=O) groups is 1. The lowest BCUT2D eigenvalue weighted by Crippen LogP contribution is -2.51. The standard InChI is InChI=1S/C9H18N2O2/c1-9(2,3)10-7-5-4-6-11(7)8(12)13/h7,10H,4-6H2,1-3H3,(H,12,13). The summed E-state index contributed by atoms with van der Waals surface area (Å²) in [6.45, 7) is 6.80. The van der Waals surface area contributed by atoms with Crippen molar-refractivity contribution in [1.82, 2.24) is 10.2 Å². The second-order valence-corrected chi connectivity index (χ2v) is 4.53. The van der Waals surface area contributed by atoms with Crippen LogP contribution in [0, 0.1) is 0 Å². The van der Waals surface area contributed by atoms with Crippen LogP contribution in [0.15, 0.2) is 0 Å². The normalized spacial score (nSPS) is 23.6. The van der Waals surface area contributed by atoms with Gasteiger partial charge in [-0.1, -0.05) is 0 Å². The summed E-state index contributed by atoms with van der Waals surface area (Å²) in [5.41, 5.74) is -0.0251. The average molecular weight is 186 g/mol. The molecule has 0 aromatic rings. The van der Waals surface area contributed by atoms with Gasteiger partial charge in [0.15, 0.2) is 0 Å². The fourth-order valence-corrected chi connectivity index (χ4v) is 1.65. The molecule has 1 amide bonds. The molecule has 0 bridgehead atoms. The van der Waals surface area contributed by atoms with Gasteiger partial charge in [-0.15, -0.1) is 0 Å². The Kier molecular flexibility index (Phi) is 2.81. The van der Waals surface area contributed by atoms with E-state index in [4.69, 9.17) is 5.11 Å². The van der Waals surface area contributed by atoms with Gasteiger partial charge in [0.1, 0.15) is 0 Å². The molecule has 0 radical (unpaired) electrons. The van der Waals surface area contributed by atoms with Crippen LogP contribution >= 0.6 is 0 Å². The number of nitrogens with one attached hydrogen (secondary N) is 1. The second-order valence-electron chi connectivity index (χ2n) is 4.53. The van der Waals surface area contributed by atoms with Gasteiger partial charge in [0.25, 0.3) is 0 Å². The number of likely N-dealkylation sites (tertiary alicyclic amines) is 1. The Hall–Kier alpha value is -0.770. The smallest absolute Gasteiger partial charge is 0.408 e.